The van der Waals surface area contributed by atoms with E-state index in [2.05, 4.69) is 89.7 Å². The first-order chi connectivity index (χ1) is 13.3. The first-order valence-electron chi connectivity index (χ1n) is 9.17. The first-order valence-corrected chi connectivity index (χ1v) is 10.1. The molecule has 136 valence electrons. The minimum absolute atomic E-state index is 0.266. The smallest absolute Gasteiger partial charge is 0.126 e. The fourth-order valence-corrected chi connectivity index (χ4v) is 4.17. The van der Waals surface area contributed by atoms with E-state index < -0.39 is 0 Å². The van der Waals surface area contributed by atoms with Crippen LogP contribution in [-0.4, -0.2) is 7.11 Å². The van der Waals surface area contributed by atoms with Crippen molar-refractivity contribution in [1.29, 1.82) is 0 Å². The third kappa shape index (κ3) is 3.75. The lowest BCUT2D eigenvalue weighted by atomic mass is 9.99. The second kappa shape index (κ2) is 7.95. The fourth-order valence-electron chi connectivity index (χ4n) is 3.52. The van der Waals surface area contributed by atoms with Gasteiger partial charge >= 0.3 is 0 Å². The number of methoxy groups -OCH3 is 1. The van der Waals surface area contributed by atoms with E-state index in [1.165, 1.54) is 27.5 Å². The van der Waals surface area contributed by atoms with Gasteiger partial charge in [0.05, 0.1) is 7.11 Å². The quantitative estimate of drug-likeness (QED) is 0.420. The molecule has 0 fully saturated rings. The molecule has 1 N–H and O–H groups in total. The Kier molecular flexibility index (Phi) is 5.23. The Labute approximate surface area is 164 Å². The molecule has 0 saturated heterocycles. The van der Waals surface area contributed by atoms with E-state index in [1.54, 1.807) is 18.4 Å². The van der Waals surface area contributed by atoms with Crippen molar-refractivity contribution in [2.45, 2.75) is 19.5 Å². The van der Waals surface area contributed by atoms with Crippen molar-refractivity contribution in [3.05, 3.63) is 88.6 Å². The van der Waals surface area contributed by atoms with E-state index >= 15 is 0 Å². The summed E-state index contributed by atoms with van der Waals surface area (Å²) in [6.45, 7) is 3.04. The van der Waals surface area contributed by atoms with Gasteiger partial charge in [-0.15, -0.1) is 0 Å². The summed E-state index contributed by atoms with van der Waals surface area (Å²) in [5.41, 5.74) is 4.94. The maximum Gasteiger partial charge on any atom is 0.126 e. The number of thiophene rings is 1. The number of hydrogen-bond donors (Lipinski definition) is 1. The molecule has 1 unspecified atom stereocenters. The summed E-state index contributed by atoms with van der Waals surface area (Å²) in [6.07, 6.45) is 0. The normalized spacial score (nSPS) is 12.2. The molecule has 1 atom stereocenters. The predicted molar refractivity (Wildman–Crippen MR) is 116 cm³/mol. The van der Waals surface area contributed by atoms with Crippen molar-refractivity contribution in [2.75, 3.05) is 7.11 Å². The summed E-state index contributed by atoms with van der Waals surface area (Å²) in [5, 5.41) is 10.5. The van der Waals surface area contributed by atoms with Gasteiger partial charge < -0.3 is 10.1 Å². The number of fused-ring (bicyclic) bond motifs is 1. The number of hydrogen-bond acceptors (Lipinski definition) is 3. The maximum absolute atomic E-state index is 5.55. The highest BCUT2D eigenvalue weighted by molar-refractivity contribution is 7.08. The first kappa shape index (κ1) is 17.8. The Bertz CT molecular complexity index is 1030. The molecule has 0 radical (unpaired) electrons. The lowest BCUT2D eigenvalue weighted by Crippen LogP contribution is -2.18. The van der Waals surface area contributed by atoms with E-state index in [1.807, 2.05) is 0 Å². The average molecular weight is 374 g/mol. The Morgan fingerprint density at radius 3 is 2.67 bits per heavy atom. The largest absolute Gasteiger partial charge is 0.496 e. The topological polar surface area (TPSA) is 21.3 Å². The summed E-state index contributed by atoms with van der Waals surface area (Å²) >= 11 is 1.70. The molecule has 1 heterocycles. The number of benzene rings is 3. The van der Waals surface area contributed by atoms with Crippen molar-refractivity contribution in [3.8, 4) is 16.9 Å². The number of ether oxygens (including phenoxy) is 1. The fraction of sp³-hybridized carbons (Fsp3) is 0.167. The third-order valence-corrected chi connectivity index (χ3v) is 5.68. The van der Waals surface area contributed by atoms with Gasteiger partial charge in [-0.3, -0.25) is 0 Å². The van der Waals surface area contributed by atoms with Crippen LogP contribution in [0.2, 0.25) is 0 Å². The molecular weight excluding hydrogens is 350 g/mol. The number of rotatable bonds is 6. The van der Waals surface area contributed by atoms with Crippen LogP contribution in [0.4, 0.5) is 0 Å². The maximum atomic E-state index is 5.55. The van der Waals surface area contributed by atoms with Gasteiger partial charge in [0.2, 0.25) is 0 Å². The molecule has 0 bridgehead atoms. The standard InChI is InChI=1S/C24H23NOS/c1-17(21-9-5-7-19-6-3-4-8-22(19)21)25-15-18-10-11-24(26-2)23(14-18)20-12-13-27-16-20/h3-14,16-17,25H,15H2,1-2H3. The van der Waals surface area contributed by atoms with Gasteiger partial charge in [0, 0.05) is 18.2 Å². The van der Waals surface area contributed by atoms with Gasteiger partial charge in [-0.05, 0) is 63.3 Å². The van der Waals surface area contributed by atoms with E-state index in [0.29, 0.717) is 0 Å². The zero-order valence-corrected chi connectivity index (χ0v) is 16.4. The summed E-state index contributed by atoms with van der Waals surface area (Å²) < 4.78 is 5.55. The summed E-state index contributed by atoms with van der Waals surface area (Å²) in [4.78, 5) is 0. The Hall–Kier alpha value is -2.62. The summed E-state index contributed by atoms with van der Waals surface area (Å²) in [7, 11) is 1.73. The molecule has 0 amide bonds. The highest BCUT2D eigenvalue weighted by Crippen LogP contribution is 2.32. The zero-order valence-electron chi connectivity index (χ0n) is 15.6. The van der Waals surface area contributed by atoms with Crippen LogP contribution in [0.3, 0.4) is 0 Å². The highest BCUT2D eigenvalue weighted by Gasteiger charge is 2.11. The van der Waals surface area contributed by atoms with E-state index in [-0.39, 0.29) is 6.04 Å². The van der Waals surface area contributed by atoms with Crippen molar-refractivity contribution in [2.24, 2.45) is 0 Å². The van der Waals surface area contributed by atoms with Crippen molar-refractivity contribution < 1.29 is 4.74 Å². The van der Waals surface area contributed by atoms with Crippen LogP contribution in [0.25, 0.3) is 21.9 Å². The van der Waals surface area contributed by atoms with Gasteiger partial charge in [-0.2, -0.15) is 11.3 Å². The lowest BCUT2D eigenvalue weighted by molar-refractivity contribution is 0.416. The Morgan fingerprint density at radius 1 is 1.00 bits per heavy atom. The van der Waals surface area contributed by atoms with Crippen LogP contribution in [0.15, 0.2) is 77.5 Å². The predicted octanol–water partition coefficient (Wildman–Crippen LogP) is 6.43. The molecular formula is C24H23NOS. The van der Waals surface area contributed by atoms with Crippen LogP contribution >= 0.6 is 11.3 Å². The molecule has 0 saturated carbocycles. The molecule has 2 nitrogen and oxygen atoms in total. The second-order valence-corrected chi connectivity index (χ2v) is 7.50. The van der Waals surface area contributed by atoms with E-state index in [4.69, 9.17) is 4.74 Å². The van der Waals surface area contributed by atoms with Crippen molar-refractivity contribution >= 4 is 22.1 Å². The summed E-state index contributed by atoms with van der Waals surface area (Å²) in [6, 6.07) is 23.9. The van der Waals surface area contributed by atoms with Gasteiger partial charge in [0.15, 0.2) is 0 Å². The van der Waals surface area contributed by atoms with Crippen LogP contribution in [0.5, 0.6) is 5.75 Å². The molecule has 4 rings (SSSR count). The van der Waals surface area contributed by atoms with Gasteiger partial charge in [0.1, 0.15) is 5.75 Å². The van der Waals surface area contributed by atoms with Gasteiger partial charge in [0.25, 0.3) is 0 Å². The molecule has 3 heteroatoms. The molecule has 27 heavy (non-hydrogen) atoms. The van der Waals surface area contributed by atoms with Crippen LogP contribution in [0, 0.1) is 0 Å². The Balaban J connectivity index is 1.55. The summed E-state index contributed by atoms with van der Waals surface area (Å²) in [5.74, 6) is 0.916. The zero-order chi connectivity index (χ0) is 18.6. The van der Waals surface area contributed by atoms with Gasteiger partial charge in [-0.1, -0.05) is 48.5 Å². The molecule has 4 aromatic rings. The molecule has 0 aliphatic rings. The molecule has 1 aromatic heterocycles. The lowest BCUT2D eigenvalue weighted by Gasteiger charge is -2.17. The van der Waals surface area contributed by atoms with Crippen LogP contribution in [0.1, 0.15) is 24.1 Å². The SMILES string of the molecule is COc1ccc(CNC(C)c2cccc3ccccc23)cc1-c1ccsc1. The molecule has 0 spiro atoms. The molecule has 3 aromatic carbocycles. The minimum atomic E-state index is 0.266. The van der Waals surface area contributed by atoms with E-state index in [9.17, 15) is 0 Å². The minimum Gasteiger partial charge on any atom is -0.496 e. The van der Waals surface area contributed by atoms with Gasteiger partial charge in [-0.25, -0.2) is 0 Å². The van der Waals surface area contributed by atoms with Crippen LogP contribution in [-0.2, 0) is 6.54 Å². The van der Waals surface area contributed by atoms with Crippen molar-refractivity contribution in [1.82, 2.24) is 5.32 Å². The van der Waals surface area contributed by atoms with E-state index in [0.717, 1.165) is 17.9 Å². The van der Waals surface area contributed by atoms with Crippen molar-refractivity contribution in [3.63, 3.8) is 0 Å². The average Bonchev–Trinajstić information content (AvgIpc) is 3.26. The molecule has 0 aliphatic carbocycles. The molecule has 0 aliphatic heterocycles. The highest BCUT2D eigenvalue weighted by atomic mass is 32.1. The van der Waals surface area contributed by atoms with Crippen LogP contribution < -0.4 is 10.1 Å². The monoisotopic (exact) mass is 373 g/mol. The Morgan fingerprint density at radius 2 is 1.85 bits per heavy atom. The third-order valence-electron chi connectivity index (χ3n) is 5.00. The number of nitrogens with one attached hydrogen (secondary N) is 1. The second-order valence-electron chi connectivity index (χ2n) is 6.72.